The summed E-state index contributed by atoms with van der Waals surface area (Å²) < 4.78 is 43.2. The number of hydrogen-bond donors (Lipinski definition) is 2. The highest BCUT2D eigenvalue weighted by molar-refractivity contribution is 7.16. The van der Waals surface area contributed by atoms with Crippen LogP contribution in [0.1, 0.15) is 46.1 Å². The summed E-state index contributed by atoms with van der Waals surface area (Å²) in [4.78, 5) is 38.1. The zero-order valence-electron chi connectivity index (χ0n) is 22.5. The lowest BCUT2D eigenvalue weighted by Crippen LogP contribution is -2.50. The lowest BCUT2D eigenvalue weighted by molar-refractivity contribution is 0.101. The van der Waals surface area contributed by atoms with Crippen LogP contribution in [0.25, 0.3) is 5.57 Å². The van der Waals surface area contributed by atoms with E-state index in [1.807, 2.05) is 29.8 Å². The maximum absolute atomic E-state index is 15.8. The van der Waals surface area contributed by atoms with Crippen molar-refractivity contribution in [1.82, 2.24) is 14.9 Å². The molecule has 0 unspecified atom stereocenters. The Labute approximate surface area is 238 Å². The molecule has 5 rings (SSSR count). The maximum Gasteiger partial charge on any atom is 0.264 e. The summed E-state index contributed by atoms with van der Waals surface area (Å²) in [6, 6.07) is 5.85. The van der Waals surface area contributed by atoms with E-state index in [2.05, 4.69) is 26.3 Å². The van der Waals surface area contributed by atoms with Crippen molar-refractivity contribution in [3.63, 3.8) is 0 Å². The van der Waals surface area contributed by atoms with Crippen LogP contribution in [0.2, 0.25) is 0 Å². The van der Waals surface area contributed by atoms with Crippen LogP contribution in [0.3, 0.4) is 0 Å². The molecule has 1 aromatic carbocycles. The van der Waals surface area contributed by atoms with Crippen LogP contribution in [0.15, 0.2) is 41.5 Å². The van der Waals surface area contributed by atoms with E-state index in [0.29, 0.717) is 66.5 Å². The molecule has 0 radical (unpaired) electrons. The fraction of sp³-hybridized carbons (Fsp3) is 0.357. The molecule has 9 nitrogen and oxygen atoms in total. The van der Waals surface area contributed by atoms with Crippen molar-refractivity contribution in [3.05, 3.63) is 74.4 Å². The first-order valence-corrected chi connectivity index (χ1v) is 13.9. The lowest BCUT2D eigenvalue weighted by Gasteiger charge is -2.40. The number of pyridine rings is 1. The largest absolute Gasteiger partial charge is 0.367 e. The van der Waals surface area contributed by atoms with Crippen molar-refractivity contribution in [2.45, 2.75) is 25.8 Å². The van der Waals surface area contributed by atoms with E-state index in [9.17, 15) is 18.4 Å². The summed E-state index contributed by atoms with van der Waals surface area (Å²) in [7, 11) is 2.00. The summed E-state index contributed by atoms with van der Waals surface area (Å²) in [5.41, 5.74) is -0.151. The Morgan fingerprint density at radius 2 is 2.05 bits per heavy atom. The highest BCUT2D eigenvalue weighted by atomic mass is 32.1. The zero-order chi connectivity index (χ0) is 29.3. The Balaban J connectivity index is 1.52. The molecular weight excluding hydrogens is 555 g/mol. The second-order valence-electron chi connectivity index (χ2n) is 10.1. The fourth-order valence-corrected chi connectivity index (χ4v) is 5.80. The molecule has 0 saturated carbocycles. The van der Waals surface area contributed by atoms with E-state index >= 15 is 4.39 Å². The maximum atomic E-state index is 15.8. The molecule has 13 heteroatoms. The molecule has 0 spiro atoms. The number of piperazine rings is 1. The predicted molar refractivity (Wildman–Crippen MR) is 152 cm³/mol. The molecule has 2 aliphatic heterocycles. The minimum Gasteiger partial charge on any atom is -0.367 e. The average molecular weight is 584 g/mol. The average Bonchev–Trinajstić information content (AvgIpc) is 3.45. The molecule has 1 atom stereocenters. The molecule has 1 saturated heterocycles. The molecule has 41 heavy (non-hydrogen) atoms. The number of alkyl halides is 2. The predicted octanol–water partition coefficient (Wildman–Crippen LogP) is 4.47. The number of likely N-dealkylation sites (N-methyl/N-ethyl adjacent to an activating group) is 1. The minimum absolute atomic E-state index is 0.158. The van der Waals surface area contributed by atoms with E-state index in [0.717, 1.165) is 6.20 Å². The van der Waals surface area contributed by atoms with Gasteiger partial charge in [0.15, 0.2) is 5.13 Å². The third kappa shape index (κ3) is 5.98. The summed E-state index contributed by atoms with van der Waals surface area (Å²) in [5, 5.41) is 12.5. The number of rotatable bonds is 6. The number of H-pyrrole nitrogens is 1. The Hall–Kier alpha value is -4.15. The number of carbonyl (C=O) groups excluding carboxylic acids is 1. The normalized spacial score (nSPS) is 17.9. The number of nitrogens with one attached hydrogen (secondary N) is 2. The highest BCUT2D eigenvalue weighted by Gasteiger charge is 2.27. The number of nitrogens with zero attached hydrogens (tertiary/aromatic N) is 5. The van der Waals surface area contributed by atoms with Gasteiger partial charge in [0.05, 0.1) is 23.1 Å². The van der Waals surface area contributed by atoms with E-state index in [1.54, 1.807) is 0 Å². The van der Waals surface area contributed by atoms with Gasteiger partial charge in [-0.25, -0.2) is 18.2 Å². The first kappa shape index (κ1) is 28.4. The smallest absolute Gasteiger partial charge is 0.264 e. The number of carbonyl (C=O) groups is 1. The molecule has 2 aromatic heterocycles. The molecule has 2 N–H and O–H groups in total. The van der Waals surface area contributed by atoms with Gasteiger partial charge in [-0.2, -0.15) is 5.26 Å². The van der Waals surface area contributed by atoms with Gasteiger partial charge in [-0.15, -0.1) is 0 Å². The van der Waals surface area contributed by atoms with Gasteiger partial charge in [-0.1, -0.05) is 17.4 Å². The highest BCUT2D eigenvalue weighted by Crippen LogP contribution is 2.36. The summed E-state index contributed by atoms with van der Waals surface area (Å²) in [6.07, 6.45) is 1.97. The van der Waals surface area contributed by atoms with Crippen LogP contribution in [0.4, 0.5) is 29.7 Å². The standard InChI is InChI=1S/C28H28F3N7O2S/c1-16-14-37(7-6-36(16)2)24-10-22(29)19(17-4-3-5-38(15-17)28-34-12-18(11-32)41-28)8-23(24)35-27(40)21-13-33-25(39)9-20(21)26(30)31/h4,8-10,12-13,16,26H,3,5-7,14-15H2,1-2H3,(H,33,39)(H,35,40)/t16-/m0/s1. The van der Waals surface area contributed by atoms with Gasteiger partial charge in [0.1, 0.15) is 16.8 Å². The number of nitriles is 1. The molecule has 2 aliphatic rings. The molecule has 4 heterocycles. The molecule has 3 aromatic rings. The number of aromatic nitrogens is 2. The van der Waals surface area contributed by atoms with E-state index in [1.165, 1.54) is 29.7 Å². The third-order valence-electron chi connectivity index (χ3n) is 7.44. The first-order valence-electron chi connectivity index (χ1n) is 13.1. The zero-order valence-corrected chi connectivity index (χ0v) is 23.3. The molecule has 1 amide bonds. The van der Waals surface area contributed by atoms with Crippen molar-refractivity contribution in [2.75, 3.05) is 54.9 Å². The molecule has 0 aliphatic carbocycles. The van der Waals surface area contributed by atoms with Crippen LogP contribution < -0.4 is 20.7 Å². The fourth-order valence-electron chi connectivity index (χ4n) is 5.06. The number of amides is 1. The van der Waals surface area contributed by atoms with Crippen LogP contribution >= 0.6 is 11.3 Å². The number of aromatic amines is 1. The van der Waals surface area contributed by atoms with Gasteiger partial charge in [0, 0.05) is 62.2 Å². The lowest BCUT2D eigenvalue weighted by atomic mass is 9.98. The van der Waals surface area contributed by atoms with Crippen LogP contribution in [0, 0.1) is 17.1 Å². The SMILES string of the molecule is C[C@H]1CN(c2cc(F)c(C3=CCCN(c4ncc(C#N)s4)C3)cc2NC(=O)c2c[nH]c(=O)cc2C(F)F)CCN1C. The molecule has 0 bridgehead atoms. The number of anilines is 3. The number of thiazole rings is 1. The molecule has 1 fully saturated rings. The second-order valence-corrected chi connectivity index (χ2v) is 11.1. The Bertz CT molecular complexity index is 1600. The molecule has 214 valence electrons. The van der Waals surface area contributed by atoms with Gasteiger partial charge in [-0.05, 0) is 38.1 Å². The van der Waals surface area contributed by atoms with Gasteiger partial charge in [-0.3, -0.25) is 9.59 Å². The second kappa shape index (κ2) is 11.8. The summed E-state index contributed by atoms with van der Waals surface area (Å²) >= 11 is 1.25. The Morgan fingerprint density at radius 1 is 1.24 bits per heavy atom. The van der Waals surface area contributed by atoms with Gasteiger partial charge in [0.2, 0.25) is 5.56 Å². The van der Waals surface area contributed by atoms with E-state index in [4.69, 9.17) is 5.26 Å². The van der Waals surface area contributed by atoms with Crippen molar-refractivity contribution in [3.8, 4) is 6.07 Å². The minimum atomic E-state index is -3.04. The van der Waals surface area contributed by atoms with Crippen molar-refractivity contribution >= 4 is 39.3 Å². The quantitative estimate of drug-likeness (QED) is 0.441. The Morgan fingerprint density at radius 3 is 2.76 bits per heavy atom. The van der Waals surface area contributed by atoms with Crippen LogP contribution in [0.5, 0.6) is 0 Å². The van der Waals surface area contributed by atoms with E-state index < -0.39 is 29.3 Å². The summed E-state index contributed by atoms with van der Waals surface area (Å²) in [5.74, 6) is -1.32. The van der Waals surface area contributed by atoms with Crippen molar-refractivity contribution in [1.29, 1.82) is 5.26 Å². The molecular formula is C28H28F3N7O2S. The number of benzene rings is 1. The van der Waals surface area contributed by atoms with Gasteiger partial charge < -0.3 is 25.0 Å². The number of halogens is 3. The van der Waals surface area contributed by atoms with Crippen molar-refractivity contribution < 1.29 is 18.0 Å². The van der Waals surface area contributed by atoms with E-state index in [-0.39, 0.29) is 22.9 Å². The number of hydrogen-bond acceptors (Lipinski definition) is 8. The van der Waals surface area contributed by atoms with Crippen LogP contribution in [-0.2, 0) is 0 Å². The monoisotopic (exact) mass is 583 g/mol. The first-order chi connectivity index (χ1) is 19.6. The third-order valence-corrected chi connectivity index (χ3v) is 8.40. The Kier molecular flexibility index (Phi) is 8.14. The van der Waals surface area contributed by atoms with Crippen LogP contribution in [-0.4, -0.2) is 66.6 Å². The van der Waals surface area contributed by atoms with Gasteiger partial charge in [0.25, 0.3) is 12.3 Å². The summed E-state index contributed by atoms with van der Waals surface area (Å²) in [6.45, 7) is 4.89. The van der Waals surface area contributed by atoms with Gasteiger partial charge >= 0.3 is 0 Å². The topological polar surface area (TPSA) is 108 Å². The van der Waals surface area contributed by atoms with Crippen molar-refractivity contribution in [2.24, 2.45) is 0 Å².